The average molecular weight is 377 g/mol. The van der Waals surface area contributed by atoms with Crippen molar-refractivity contribution < 1.29 is 13.3 Å². The zero-order valence-electron chi connectivity index (χ0n) is 11.9. The summed E-state index contributed by atoms with van der Waals surface area (Å²) in [6.45, 7) is 4.78. The maximum atomic E-state index is 12.8. The van der Waals surface area contributed by atoms with Crippen LogP contribution in [0.3, 0.4) is 0 Å². The zero-order valence-corrected chi connectivity index (χ0v) is 14.3. The Morgan fingerprint density at radius 2 is 2.05 bits per heavy atom. The van der Waals surface area contributed by atoms with Gasteiger partial charge in [-0.1, -0.05) is 29.8 Å². The summed E-state index contributed by atoms with van der Waals surface area (Å²) in [6.07, 6.45) is 1.70. The Balaban J connectivity index is 2.49. The van der Waals surface area contributed by atoms with Crippen LogP contribution in [0.1, 0.15) is 26.7 Å². The molecule has 1 aromatic carbocycles. The molecule has 0 bridgehead atoms. The van der Waals surface area contributed by atoms with Crippen molar-refractivity contribution in [3.63, 3.8) is 0 Å². The molecule has 0 amide bonds. The minimum absolute atomic E-state index is 0.119. The number of rotatable bonds is 3. The molecule has 1 aliphatic heterocycles. The summed E-state index contributed by atoms with van der Waals surface area (Å²) < 4.78 is 27.4. The first-order valence-corrected chi connectivity index (χ1v) is 8.81. The van der Waals surface area contributed by atoms with Crippen molar-refractivity contribution in [3.05, 3.63) is 32.8 Å². The molecule has 0 atom stereocenters. The monoisotopic (exact) mass is 376 g/mol. The predicted molar refractivity (Wildman–Crippen MR) is 82.6 cm³/mol. The SMILES string of the molecule is CC1(C)CCCN(S(=O)(=O)c2cc(Br)ccc2[N+](=O)[O-])C1. The van der Waals surface area contributed by atoms with Crippen LogP contribution < -0.4 is 0 Å². The molecule has 6 nitrogen and oxygen atoms in total. The van der Waals surface area contributed by atoms with E-state index in [0.29, 0.717) is 17.6 Å². The molecule has 0 unspecified atom stereocenters. The standard InChI is InChI=1S/C13H17BrN2O4S/c1-13(2)6-3-7-15(9-13)21(19,20)12-8-10(14)4-5-11(12)16(17)18/h4-5,8H,3,6-7,9H2,1-2H3. The molecule has 0 saturated carbocycles. The first-order valence-electron chi connectivity index (χ1n) is 6.58. The number of benzene rings is 1. The molecule has 1 aliphatic rings. The van der Waals surface area contributed by atoms with E-state index in [1.807, 2.05) is 13.8 Å². The van der Waals surface area contributed by atoms with Gasteiger partial charge in [-0.15, -0.1) is 0 Å². The molecular formula is C13H17BrN2O4S. The number of nitro benzene ring substituents is 1. The Bertz CT molecular complexity index is 673. The molecule has 1 fully saturated rings. The third-order valence-electron chi connectivity index (χ3n) is 3.60. The molecule has 116 valence electrons. The van der Waals surface area contributed by atoms with Crippen LogP contribution in [-0.4, -0.2) is 30.7 Å². The highest BCUT2D eigenvalue weighted by Crippen LogP contribution is 2.35. The fourth-order valence-corrected chi connectivity index (χ4v) is 4.92. The van der Waals surface area contributed by atoms with Crippen LogP contribution in [0.5, 0.6) is 0 Å². The topological polar surface area (TPSA) is 80.5 Å². The number of halogens is 1. The van der Waals surface area contributed by atoms with Crippen LogP contribution in [0.2, 0.25) is 0 Å². The van der Waals surface area contributed by atoms with Crippen molar-refractivity contribution in [2.45, 2.75) is 31.6 Å². The lowest BCUT2D eigenvalue weighted by Crippen LogP contribution is -2.43. The normalized spacial score (nSPS) is 19.4. The molecular weight excluding hydrogens is 360 g/mol. The van der Waals surface area contributed by atoms with E-state index in [1.54, 1.807) is 0 Å². The van der Waals surface area contributed by atoms with Gasteiger partial charge < -0.3 is 0 Å². The lowest BCUT2D eigenvalue weighted by molar-refractivity contribution is -0.387. The van der Waals surface area contributed by atoms with Crippen molar-refractivity contribution >= 4 is 31.6 Å². The van der Waals surface area contributed by atoms with Gasteiger partial charge in [0.05, 0.1) is 4.92 Å². The van der Waals surface area contributed by atoms with E-state index >= 15 is 0 Å². The zero-order chi connectivity index (χ0) is 15.8. The summed E-state index contributed by atoms with van der Waals surface area (Å²) >= 11 is 3.18. The largest absolute Gasteiger partial charge is 0.289 e. The van der Waals surface area contributed by atoms with E-state index in [9.17, 15) is 18.5 Å². The Kier molecular flexibility index (Phi) is 4.41. The van der Waals surface area contributed by atoms with Crippen molar-refractivity contribution in [3.8, 4) is 0 Å². The van der Waals surface area contributed by atoms with Gasteiger partial charge in [-0.2, -0.15) is 4.31 Å². The van der Waals surface area contributed by atoms with E-state index in [0.717, 1.165) is 12.8 Å². The first-order chi connectivity index (χ1) is 9.63. The van der Waals surface area contributed by atoms with E-state index in [1.165, 1.54) is 22.5 Å². The second-order valence-corrected chi connectivity index (χ2v) is 8.80. The Labute approximate surface area is 132 Å². The molecule has 0 N–H and O–H groups in total. The van der Waals surface area contributed by atoms with Crippen LogP contribution in [0.4, 0.5) is 5.69 Å². The van der Waals surface area contributed by atoms with Crippen molar-refractivity contribution in [2.75, 3.05) is 13.1 Å². The van der Waals surface area contributed by atoms with Crippen LogP contribution in [0, 0.1) is 15.5 Å². The number of nitrogens with zero attached hydrogens (tertiary/aromatic N) is 2. The minimum atomic E-state index is -3.87. The number of piperidine rings is 1. The predicted octanol–water partition coefficient (Wildman–Crippen LogP) is 3.17. The van der Waals surface area contributed by atoms with Gasteiger partial charge in [0, 0.05) is 23.6 Å². The fraction of sp³-hybridized carbons (Fsp3) is 0.538. The van der Waals surface area contributed by atoms with Gasteiger partial charge in [-0.05, 0) is 30.4 Å². The highest BCUT2D eigenvalue weighted by Gasteiger charge is 2.37. The van der Waals surface area contributed by atoms with Gasteiger partial charge in [-0.25, -0.2) is 8.42 Å². The molecule has 1 aromatic rings. The van der Waals surface area contributed by atoms with Crippen LogP contribution in [-0.2, 0) is 10.0 Å². The molecule has 8 heteroatoms. The molecule has 0 spiro atoms. The van der Waals surface area contributed by atoms with Gasteiger partial charge in [0.15, 0.2) is 4.90 Å². The summed E-state index contributed by atoms with van der Waals surface area (Å²) in [5.74, 6) is 0. The summed E-state index contributed by atoms with van der Waals surface area (Å²) in [6, 6.07) is 3.98. The molecule has 0 aliphatic carbocycles. The van der Waals surface area contributed by atoms with Crippen LogP contribution in [0.25, 0.3) is 0 Å². The number of sulfonamides is 1. The fourth-order valence-electron chi connectivity index (χ4n) is 2.56. The highest BCUT2D eigenvalue weighted by molar-refractivity contribution is 9.10. The average Bonchev–Trinajstić information content (AvgIpc) is 2.37. The van der Waals surface area contributed by atoms with Crippen LogP contribution >= 0.6 is 15.9 Å². The van der Waals surface area contributed by atoms with Crippen molar-refractivity contribution in [1.82, 2.24) is 4.31 Å². The number of hydrogen-bond acceptors (Lipinski definition) is 4. The molecule has 0 aromatic heterocycles. The second kappa shape index (κ2) is 5.66. The van der Waals surface area contributed by atoms with E-state index in [2.05, 4.69) is 15.9 Å². The Morgan fingerprint density at radius 1 is 1.38 bits per heavy atom. The van der Waals surface area contributed by atoms with Crippen molar-refractivity contribution in [2.24, 2.45) is 5.41 Å². The summed E-state index contributed by atoms with van der Waals surface area (Å²) in [4.78, 5) is 10.2. The third-order valence-corrected chi connectivity index (χ3v) is 5.97. The summed E-state index contributed by atoms with van der Waals surface area (Å²) in [5, 5.41) is 11.1. The summed E-state index contributed by atoms with van der Waals surface area (Å²) in [5.41, 5.74) is -0.506. The van der Waals surface area contributed by atoms with E-state index in [-0.39, 0.29) is 16.0 Å². The van der Waals surface area contributed by atoms with Gasteiger partial charge >= 0.3 is 0 Å². The molecule has 0 radical (unpaired) electrons. The number of nitro groups is 1. The third kappa shape index (κ3) is 3.44. The summed E-state index contributed by atoms with van der Waals surface area (Å²) in [7, 11) is -3.87. The second-order valence-electron chi connectivity index (χ2n) is 5.98. The van der Waals surface area contributed by atoms with Crippen LogP contribution in [0.15, 0.2) is 27.6 Å². The first kappa shape index (κ1) is 16.4. The van der Waals surface area contributed by atoms with Crippen molar-refractivity contribution in [1.29, 1.82) is 0 Å². The molecule has 1 saturated heterocycles. The van der Waals surface area contributed by atoms with E-state index < -0.39 is 14.9 Å². The lowest BCUT2D eigenvalue weighted by Gasteiger charge is -2.37. The highest BCUT2D eigenvalue weighted by atomic mass is 79.9. The van der Waals surface area contributed by atoms with Gasteiger partial charge in [0.25, 0.3) is 5.69 Å². The smallest absolute Gasteiger partial charge is 0.258 e. The van der Waals surface area contributed by atoms with E-state index in [4.69, 9.17) is 0 Å². The number of hydrogen-bond donors (Lipinski definition) is 0. The van der Waals surface area contributed by atoms with Gasteiger partial charge in [-0.3, -0.25) is 10.1 Å². The minimum Gasteiger partial charge on any atom is -0.258 e. The maximum absolute atomic E-state index is 12.8. The van der Waals surface area contributed by atoms with Gasteiger partial charge in [0.2, 0.25) is 10.0 Å². The Hall–Kier alpha value is -0.990. The van der Waals surface area contributed by atoms with Gasteiger partial charge in [0.1, 0.15) is 0 Å². The quantitative estimate of drug-likeness (QED) is 0.599. The molecule has 2 rings (SSSR count). The maximum Gasteiger partial charge on any atom is 0.289 e. The Morgan fingerprint density at radius 3 is 2.62 bits per heavy atom. The molecule has 21 heavy (non-hydrogen) atoms. The molecule has 1 heterocycles. The lowest BCUT2D eigenvalue weighted by atomic mass is 9.85.